The second kappa shape index (κ2) is 6.06. The minimum absolute atomic E-state index is 0.269. The van der Waals surface area contributed by atoms with E-state index in [1.54, 1.807) is 0 Å². The molecule has 3 heterocycles. The van der Waals surface area contributed by atoms with E-state index in [0.717, 1.165) is 50.7 Å². The van der Waals surface area contributed by atoms with E-state index in [-0.39, 0.29) is 5.92 Å². The molecule has 2 saturated heterocycles. The molecule has 0 N–H and O–H groups in total. The van der Waals surface area contributed by atoms with Crippen LogP contribution in [0.5, 0.6) is 0 Å². The molecule has 0 radical (unpaired) electrons. The van der Waals surface area contributed by atoms with Gasteiger partial charge in [-0.05, 0) is 30.7 Å². The Kier molecular flexibility index (Phi) is 3.78. The molecule has 116 valence electrons. The summed E-state index contributed by atoms with van der Waals surface area (Å²) in [4.78, 5) is 6.84. The molecule has 2 aromatic rings. The summed E-state index contributed by atoms with van der Waals surface area (Å²) in [5, 5.41) is 4.09. The first-order valence-electron chi connectivity index (χ1n) is 7.74. The third-order valence-electron chi connectivity index (χ3n) is 4.23. The maximum Gasteiger partial charge on any atom is 0.257 e. The molecule has 0 bridgehead atoms. The number of morpholine rings is 1. The van der Waals surface area contributed by atoms with Crippen LogP contribution in [-0.4, -0.2) is 49.7 Å². The van der Waals surface area contributed by atoms with E-state index >= 15 is 0 Å². The lowest BCUT2D eigenvalue weighted by molar-refractivity contribution is 0.122. The number of aromatic nitrogens is 2. The summed E-state index contributed by atoms with van der Waals surface area (Å²) in [5.41, 5.74) is 2.16. The van der Waals surface area contributed by atoms with Crippen LogP contribution in [0.3, 0.4) is 0 Å². The van der Waals surface area contributed by atoms with E-state index in [9.17, 15) is 0 Å². The van der Waals surface area contributed by atoms with Crippen LogP contribution < -0.4 is 4.90 Å². The maximum atomic E-state index is 5.40. The van der Waals surface area contributed by atoms with Gasteiger partial charge in [0.05, 0.1) is 19.8 Å². The second-order valence-corrected chi connectivity index (χ2v) is 5.66. The van der Waals surface area contributed by atoms with Gasteiger partial charge in [-0.2, -0.15) is 4.98 Å². The zero-order valence-corrected chi connectivity index (χ0v) is 12.4. The molecule has 1 aromatic heterocycles. The van der Waals surface area contributed by atoms with Gasteiger partial charge in [0.2, 0.25) is 0 Å². The Bertz CT molecular complexity index is 614. The lowest BCUT2D eigenvalue weighted by Gasteiger charge is -2.28. The van der Waals surface area contributed by atoms with E-state index in [2.05, 4.69) is 27.2 Å². The van der Waals surface area contributed by atoms with Gasteiger partial charge in [0.15, 0.2) is 5.82 Å². The van der Waals surface area contributed by atoms with Crippen molar-refractivity contribution in [2.45, 2.75) is 12.3 Å². The van der Waals surface area contributed by atoms with Gasteiger partial charge in [-0.3, -0.25) is 0 Å². The number of nitrogens with zero attached hydrogens (tertiary/aromatic N) is 3. The third kappa shape index (κ3) is 2.71. The highest BCUT2D eigenvalue weighted by molar-refractivity contribution is 5.59. The molecule has 0 unspecified atom stereocenters. The van der Waals surface area contributed by atoms with Gasteiger partial charge < -0.3 is 18.9 Å². The lowest BCUT2D eigenvalue weighted by Crippen LogP contribution is -2.36. The minimum atomic E-state index is 0.269. The molecule has 2 fully saturated rings. The first kappa shape index (κ1) is 13.7. The van der Waals surface area contributed by atoms with Crippen molar-refractivity contribution in [2.75, 3.05) is 44.4 Å². The highest BCUT2D eigenvalue weighted by Gasteiger charge is 2.23. The highest BCUT2D eigenvalue weighted by atomic mass is 16.5. The second-order valence-electron chi connectivity index (χ2n) is 5.66. The van der Waals surface area contributed by atoms with Gasteiger partial charge in [-0.25, -0.2) is 0 Å². The van der Waals surface area contributed by atoms with Crippen molar-refractivity contribution in [1.29, 1.82) is 0 Å². The third-order valence-corrected chi connectivity index (χ3v) is 4.23. The number of hydrogen-bond acceptors (Lipinski definition) is 6. The predicted molar refractivity (Wildman–Crippen MR) is 80.9 cm³/mol. The SMILES string of the molecule is c1cc(N2CCOCC2)ccc1-c1nc([C@H]2CCOC2)no1. The Morgan fingerprint density at radius 1 is 1.00 bits per heavy atom. The first-order valence-corrected chi connectivity index (χ1v) is 7.74. The van der Waals surface area contributed by atoms with Crippen LogP contribution in [0.15, 0.2) is 28.8 Å². The average Bonchev–Trinajstić information content (AvgIpc) is 3.27. The molecule has 1 aromatic carbocycles. The Morgan fingerprint density at radius 3 is 2.55 bits per heavy atom. The molecule has 0 saturated carbocycles. The van der Waals surface area contributed by atoms with Crippen LogP contribution in [0, 0.1) is 0 Å². The van der Waals surface area contributed by atoms with Crippen molar-refractivity contribution in [3.8, 4) is 11.5 Å². The molecule has 0 amide bonds. The van der Waals surface area contributed by atoms with Crippen LogP contribution in [-0.2, 0) is 9.47 Å². The Hall–Kier alpha value is -1.92. The summed E-state index contributed by atoms with van der Waals surface area (Å²) in [5.74, 6) is 1.60. The summed E-state index contributed by atoms with van der Waals surface area (Å²) < 4.78 is 16.2. The van der Waals surface area contributed by atoms with Crippen molar-refractivity contribution in [1.82, 2.24) is 10.1 Å². The van der Waals surface area contributed by atoms with Crippen molar-refractivity contribution < 1.29 is 14.0 Å². The van der Waals surface area contributed by atoms with Crippen molar-refractivity contribution in [3.05, 3.63) is 30.1 Å². The number of benzene rings is 1. The number of hydrogen-bond donors (Lipinski definition) is 0. The Labute approximate surface area is 129 Å². The van der Waals surface area contributed by atoms with E-state index in [0.29, 0.717) is 12.5 Å². The molecule has 2 aliphatic heterocycles. The van der Waals surface area contributed by atoms with Crippen LogP contribution in [0.2, 0.25) is 0 Å². The molecule has 22 heavy (non-hydrogen) atoms. The standard InChI is InChI=1S/C16H19N3O3/c1-3-14(19-6-9-20-10-7-19)4-2-12(1)16-17-15(18-22-16)13-5-8-21-11-13/h1-4,13H,5-11H2/t13-/m0/s1. The Morgan fingerprint density at radius 2 is 1.82 bits per heavy atom. The molecule has 6 heteroatoms. The summed E-state index contributed by atoms with van der Waals surface area (Å²) in [6.45, 7) is 4.92. The zero-order chi connectivity index (χ0) is 14.8. The zero-order valence-electron chi connectivity index (χ0n) is 12.4. The van der Waals surface area contributed by atoms with Crippen LogP contribution in [0.25, 0.3) is 11.5 Å². The summed E-state index contributed by atoms with van der Waals surface area (Å²) >= 11 is 0. The summed E-state index contributed by atoms with van der Waals surface area (Å²) in [6, 6.07) is 8.27. The fraction of sp³-hybridized carbons (Fsp3) is 0.500. The fourth-order valence-corrected chi connectivity index (χ4v) is 2.89. The number of rotatable bonds is 3. The Balaban J connectivity index is 1.50. The molecule has 0 spiro atoms. The quantitative estimate of drug-likeness (QED) is 0.865. The van der Waals surface area contributed by atoms with E-state index < -0.39 is 0 Å². The molecule has 1 atom stereocenters. The monoisotopic (exact) mass is 301 g/mol. The van der Waals surface area contributed by atoms with Crippen molar-refractivity contribution in [2.24, 2.45) is 0 Å². The largest absolute Gasteiger partial charge is 0.381 e. The lowest BCUT2D eigenvalue weighted by atomic mass is 10.1. The molecule has 0 aliphatic carbocycles. The highest BCUT2D eigenvalue weighted by Crippen LogP contribution is 2.27. The van der Waals surface area contributed by atoms with Gasteiger partial charge in [-0.15, -0.1) is 0 Å². The van der Waals surface area contributed by atoms with E-state index in [4.69, 9.17) is 14.0 Å². The number of ether oxygens (including phenoxy) is 2. The van der Waals surface area contributed by atoms with Gasteiger partial charge in [0, 0.05) is 36.9 Å². The minimum Gasteiger partial charge on any atom is -0.381 e. The van der Waals surface area contributed by atoms with Gasteiger partial charge in [0.25, 0.3) is 5.89 Å². The smallest absolute Gasteiger partial charge is 0.257 e. The topological polar surface area (TPSA) is 60.6 Å². The molecule has 4 rings (SSSR count). The normalized spacial score (nSPS) is 22.2. The molecular formula is C16H19N3O3. The van der Waals surface area contributed by atoms with E-state index in [1.807, 2.05) is 12.1 Å². The molecule has 2 aliphatic rings. The number of anilines is 1. The van der Waals surface area contributed by atoms with Gasteiger partial charge in [0.1, 0.15) is 0 Å². The van der Waals surface area contributed by atoms with E-state index in [1.165, 1.54) is 5.69 Å². The van der Waals surface area contributed by atoms with Crippen LogP contribution in [0.1, 0.15) is 18.2 Å². The maximum absolute atomic E-state index is 5.40. The van der Waals surface area contributed by atoms with Crippen LogP contribution >= 0.6 is 0 Å². The van der Waals surface area contributed by atoms with Crippen molar-refractivity contribution in [3.63, 3.8) is 0 Å². The average molecular weight is 301 g/mol. The van der Waals surface area contributed by atoms with Gasteiger partial charge in [-0.1, -0.05) is 5.16 Å². The fourth-order valence-electron chi connectivity index (χ4n) is 2.89. The van der Waals surface area contributed by atoms with Gasteiger partial charge >= 0.3 is 0 Å². The van der Waals surface area contributed by atoms with Crippen molar-refractivity contribution >= 4 is 5.69 Å². The molecule has 6 nitrogen and oxygen atoms in total. The first-order chi connectivity index (χ1) is 10.9. The van der Waals surface area contributed by atoms with Crippen LogP contribution in [0.4, 0.5) is 5.69 Å². The molecular weight excluding hydrogens is 282 g/mol. The summed E-state index contributed by atoms with van der Waals surface area (Å²) in [6.07, 6.45) is 0.967. The summed E-state index contributed by atoms with van der Waals surface area (Å²) in [7, 11) is 0. The predicted octanol–water partition coefficient (Wildman–Crippen LogP) is 2.08.